The number of carbonyl (C=O) groups is 1. The minimum Gasteiger partial charge on any atom is -0.297 e. The highest BCUT2D eigenvalue weighted by atomic mass is 32.1. The molecule has 106 valence electrons. The summed E-state index contributed by atoms with van der Waals surface area (Å²) in [5.41, 5.74) is 4.16. The maximum Gasteiger partial charge on any atom is 0.267 e. The molecule has 0 aliphatic heterocycles. The number of rotatable bonds is 3. The Morgan fingerprint density at radius 3 is 2.52 bits per heavy atom. The third-order valence-corrected chi connectivity index (χ3v) is 4.91. The average Bonchev–Trinajstić information content (AvgIpc) is 3.09. The smallest absolute Gasteiger partial charge is 0.267 e. The standard InChI is InChI=1S/C16H14N2OS2/c1-10-3-5-12(6-4-10)13-9-21-16(17-13)18-15(19)14-11(2)7-8-20-14/h3-9H,1-2H3,(H,17,18,19). The number of nitrogens with zero attached hydrogens (tertiary/aromatic N) is 1. The van der Waals surface area contributed by atoms with E-state index in [1.54, 1.807) is 0 Å². The van der Waals surface area contributed by atoms with Crippen LogP contribution in [0.2, 0.25) is 0 Å². The highest BCUT2D eigenvalue weighted by molar-refractivity contribution is 7.14. The third kappa shape index (κ3) is 3.04. The summed E-state index contributed by atoms with van der Waals surface area (Å²) in [4.78, 5) is 17.4. The van der Waals surface area contributed by atoms with Crippen LogP contribution < -0.4 is 5.32 Å². The van der Waals surface area contributed by atoms with Crippen molar-refractivity contribution in [2.24, 2.45) is 0 Å². The van der Waals surface area contributed by atoms with Gasteiger partial charge in [-0.2, -0.15) is 0 Å². The predicted octanol–water partition coefficient (Wildman–Crippen LogP) is 4.74. The lowest BCUT2D eigenvalue weighted by Crippen LogP contribution is -2.10. The zero-order valence-electron chi connectivity index (χ0n) is 11.7. The lowest BCUT2D eigenvalue weighted by Gasteiger charge is -2.00. The Morgan fingerprint density at radius 2 is 1.86 bits per heavy atom. The number of hydrogen-bond acceptors (Lipinski definition) is 4. The summed E-state index contributed by atoms with van der Waals surface area (Å²) in [5, 5.41) is 7.37. The molecular weight excluding hydrogens is 300 g/mol. The minimum absolute atomic E-state index is 0.0905. The van der Waals surface area contributed by atoms with Crippen molar-refractivity contribution in [3.63, 3.8) is 0 Å². The van der Waals surface area contributed by atoms with Gasteiger partial charge in [0.25, 0.3) is 5.91 Å². The van der Waals surface area contributed by atoms with Crippen LogP contribution in [-0.2, 0) is 0 Å². The summed E-state index contributed by atoms with van der Waals surface area (Å²) in [6.07, 6.45) is 0. The maximum absolute atomic E-state index is 12.2. The van der Waals surface area contributed by atoms with Gasteiger partial charge in [-0.15, -0.1) is 22.7 Å². The molecule has 1 amide bonds. The summed E-state index contributed by atoms with van der Waals surface area (Å²) in [6.45, 7) is 3.99. The van der Waals surface area contributed by atoms with E-state index in [0.717, 1.165) is 21.7 Å². The molecule has 21 heavy (non-hydrogen) atoms. The first-order valence-corrected chi connectivity index (χ1v) is 8.27. The Labute approximate surface area is 131 Å². The molecule has 0 saturated carbocycles. The van der Waals surface area contributed by atoms with Crippen LogP contribution in [0.5, 0.6) is 0 Å². The molecule has 5 heteroatoms. The van der Waals surface area contributed by atoms with Crippen LogP contribution >= 0.6 is 22.7 Å². The summed E-state index contributed by atoms with van der Waals surface area (Å²) >= 11 is 2.89. The lowest BCUT2D eigenvalue weighted by molar-refractivity contribution is 0.103. The molecule has 0 aliphatic carbocycles. The second-order valence-electron chi connectivity index (χ2n) is 4.79. The van der Waals surface area contributed by atoms with E-state index >= 15 is 0 Å². The normalized spacial score (nSPS) is 10.6. The second-order valence-corrected chi connectivity index (χ2v) is 6.57. The van der Waals surface area contributed by atoms with Crippen molar-refractivity contribution in [1.29, 1.82) is 0 Å². The molecule has 0 atom stereocenters. The van der Waals surface area contributed by atoms with Gasteiger partial charge >= 0.3 is 0 Å². The van der Waals surface area contributed by atoms with Crippen molar-refractivity contribution in [1.82, 2.24) is 4.98 Å². The number of aryl methyl sites for hydroxylation is 2. The predicted molar refractivity (Wildman–Crippen MR) is 89.3 cm³/mol. The molecule has 0 aliphatic rings. The van der Waals surface area contributed by atoms with Crippen LogP contribution in [-0.4, -0.2) is 10.9 Å². The van der Waals surface area contributed by atoms with Gasteiger partial charge in [0.1, 0.15) is 0 Å². The van der Waals surface area contributed by atoms with Gasteiger partial charge in [0, 0.05) is 10.9 Å². The van der Waals surface area contributed by atoms with Gasteiger partial charge in [-0.1, -0.05) is 29.8 Å². The number of hydrogen-bond donors (Lipinski definition) is 1. The van der Waals surface area contributed by atoms with E-state index in [1.165, 1.54) is 28.2 Å². The zero-order chi connectivity index (χ0) is 14.8. The minimum atomic E-state index is -0.0905. The molecule has 2 heterocycles. The molecule has 0 spiro atoms. The number of aromatic nitrogens is 1. The Bertz CT molecular complexity index is 772. The zero-order valence-corrected chi connectivity index (χ0v) is 13.3. The number of thiazole rings is 1. The van der Waals surface area contributed by atoms with Crippen molar-refractivity contribution < 1.29 is 4.79 Å². The first kappa shape index (κ1) is 14.0. The van der Waals surface area contributed by atoms with E-state index < -0.39 is 0 Å². The van der Waals surface area contributed by atoms with Crippen LogP contribution in [0.1, 0.15) is 20.8 Å². The SMILES string of the molecule is Cc1ccc(-c2csc(NC(=O)c3sccc3C)n2)cc1. The first-order valence-electron chi connectivity index (χ1n) is 6.51. The van der Waals surface area contributed by atoms with Gasteiger partial charge in [-0.05, 0) is 30.9 Å². The molecule has 1 N–H and O–H groups in total. The van der Waals surface area contributed by atoms with E-state index in [2.05, 4.69) is 29.4 Å². The summed E-state index contributed by atoms with van der Waals surface area (Å²) in [6, 6.07) is 10.1. The Kier molecular flexibility index (Phi) is 3.86. The number of amides is 1. The van der Waals surface area contributed by atoms with Crippen molar-refractivity contribution in [3.8, 4) is 11.3 Å². The largest absolute Gasteiger partial charge is 0.297 e. The van der Waals surface area contributed by atoms with Crippen LogP contribution in [0.3, 0.4) is 0 Å². The highest BCUT2D eigenvalue weighted by Crippen LogP contribution is 2.26. The van der Waals surface area contributed by atoms with E-state index in [0.29, 0.717) is 5.13 Å². The number of nitrogens with one attached hydrogen (secondary N) is 1. The number of thiophene rings is 1. The highest BCUT2D eigenvalue weighted by Gasteiger charge is 2.13. The topological polar surface area (TPSA) is 42.0 Å². The number of benzene rings is 1. The van der Waals surface area contributed by atoms with Crippen LogP contribution in [0.25, 0.3) is 11.3 Å². The van der Waals surface area contributed by atoms with Gasteiger partial charge in [0.2, 0.25) is 0 Å². The average molecular weight is 314 g/mol. The van der Waals surface area contributed by atoms with E-state index in [4.69, 9.17) is 0 Å². The van der Waals surface area contributed by atoms with Crippen molar-refractivity contribution in [2.75, 3.05) is 5.32 Å². The molecule has 0 saturated heterocycles. The maximum atomic E-state index is 12.2. The molecule has 3 nitrogen and oxygen atoms in total. The fourth-order valence-electron chi connectivity index (χ4n) is 1.95. The van der Waals surface area contributed by atoms with Crippen LogP contribution in [0.4, 0.5) is 5.13 Å². The first-order chi connectivity index (χ1) is 10.1. The Balaban J connectivity index is 1.78. The van der Waals surface area contributed by atoms with Gasteiger partial charge < -0.3 is 0 Å². The number of anilines is 1. The molecule has 1 aromatic carbocycles. The molecular formula is C16H14N2OS2. The molecule has 0 fully saturated rings. The van der Waals surface area contributed by atoms with E-state index in [9.17, 15) is 4.79 Å². The van der Waals surface area contributed by atoms with E-state index in [1.807, 2.05) is 35.9 Å². The van der Waals surface area contributed by atoms with Crippen molar-refractivity contribution in [2.45, 2.75) is 13.8 Å². The third-order valence-electron chi connectivity index (χ3n) is 3.14. The number of carbonyl (C=O) groups excluding carboxylic acids is 1. The summed E-state index contributed by atoms with van der Waals surface area (Å²) < 4.78 is 0. The monoisotopic (exact) mass is 314 g/mol. The molecule has 0 bridgehead atoms. The summed E-state index contributed by atoms with van der Waals surface area (Å²) in [7, 11) is 0. The van der Waals surface area contributed by atoms with Gasteiger partial charge in [0.15, 0.2) is 5.13 Å². The Morgan fingerprint density at radius 1 is 1.10 bits per heavy atom. The Hall–Kier alpha value is -1.98. The van der Waals surface area contributed by atoms with Gasteiger partial charge in [-0.3, -0.25) is 10.1 Å². The summed E-state index contributed by atoms with van der Waals surface area (Å²) in [5.74, 6) is -0.0905. The molecule has 0 radical (unpaired) electrons. The molecule has 3 aromatic rings. The van der Waals surface area contributed by atoms with Gasteiger partial charge in [-0.25, -0.2) is 4.98 Å². The van der Waals surface area contributed by atoms with Gasteiger partial charge in [0.05, 0.1) is 10.6 Å². The lowest BCUT2D eigenvalue weighted by atomic mass is 10.1. The van der Waals surface area contributed by atoms with E-state index in [-0.39, 0.29) is 5.91 Å². The molecule has 3 rings (SSSR count). The quantitative estimate of drug-likeness (QED) is 0.758. The van der Waals surface area contributed by atoms with Crippen molar-refractivity contribution in [3.05, 3.63) is 57.1 Å². The second kappa shape index (κ2) is 5.79. The fourth-order valence-corrected chi connectivity index (χ4v) is 3.48. The van der Waals surface area contributed by atoms with Crippen molar-refractivity contribution >= 4 is 33.7 Å². The molecule has 2 aromatic heterocycles. The van der Waals surface area contributed by atoms with Crippen LogP contribution in [0.15, 0.2) is 41.1 Å². The van der Waals surface area contributed by atoms with Crippen LogP contribution in [0, 0.1) is 13.8 Å². The fraction of sp³-hybridized carbons (Fsp3) is 0.125. The molecule has 0 unspecified atom stereocenters.